The summed E-state index contributed by atoms with van der Waals surface area (Å²) in [5.74, 6) is 0.608. The number of hydrogen-bond donors (Lipinski definition) is 1. The summed E-state index contributed by atoms with van der Waals surface area (Å²) in [6.07, 6.45) is 4.94. The first-order valence-corrected chi connectivity index (χ1v) is 17.5. The molecule has 0 bridgehead atoms. The van der Waals surface area contributed by atoms with E-state index in [9.17, 15) is 9.59 Å². The second-order valence-corrected chi connectivity index (χ2v) is 13.3. The summed E-state index contributed by atoms with van der Waals surface area (Å²) in [5.41, 5.74) is 1.08. The van der Waals surface area contributed by atoms with E-state index in [1.807, 2.05) is 0 Å². The Kier molecular flexibility index (Phi) is 10.3. The molecule has 1 fully saturated rings. The lowest BCUT2D eigenvalue weighted by atomic mass is 9.99. The van der Waals surface area contributed by atoms with Gasteiger partial charge in [0.05, 0.1) is 36.0 Å². The number of halogens is 2. The van der Waals surface area contributed by atoms with Gasteiger partial charge in [-0.05, 0) is 92.9 Å². The van der Waals surface area contributed by atoms with Crippen LogP contribution >= 0.6 is 11.6 Å². The lowest BCUT2D eigenvalue weighted by Gasteiger charge is -2.30. The largest absolute Gasteiger partial charge is 0.493 e. The lowest BCUT2D eigenvalue weighted by Crippen LogP contribution is -2.34. The average Bonchev–Trinajstić information content (AvgIpc) is 3.14. The molecule has 6 aromatic rings. The third kappa shape index (κ3) is 7.56. The molecule has 7 rings (SSSR count). The van der Waals surface area contributed by atoms with Gasteiger partial charge in [0, 0.05) is 41.0 Å². The fourth-order valence-electron chi connectivity index (χ4n) is 6.37. The van der Waals surface area contributed by atoms with Gasteiger partial charge in [-0.3, -0.25) is 19.1 Å². The van der Waals surface area contributed by atoms with E-state index >= 15 is 4.39 Å². The van der Waals surface area contributed by atoms with Gasteiger partial charge in [0.25, 0.3) is 11.5 Å². The van der Waals surface area contributed by atoms with Crippen LogP contribution in [-0.4, -0.2) is 58.7 Å². The highest BCUT2D eigenvalue weighted by atomic mass is 35.5. The van der Waals surface area contributed by atoms with Gasteiger partial charge in [-0.25, -0.2) is 9.37 Å². The van der Waals surface area contributed by atoms with Crippen LogP contribution in [0.3, 0.4) is 0 Å². The number of carbonyl (C=O) groups excluding carboxylic acids is 1. The molecule has 4 aromatic carbocycles. The highest BCUT2D eigenvalue weighted by molar-refractivity contribution is 6.30. The Hall–Kier alpha value is -5.52. The van der Waals surface area contributed by atoms with E-state index in [1.54, 1.807) is 80.0 Å². The molecule has 1 aliphatic rings. The monoisotopic (exact) mass is 721 g/mol. The van der Waals surface area contributed by atoms with Gasteiger partial charge in [-0.2, -0.15) is 0 Å². The molecule has 0 aliphatic carbocycles. The molecule has 266 valence electrons. The van der Waals surface area contributed by atoms with E-state index < -0.39 is 17.3 Å². The first-order valence-electron chi connectivity index (χ1n) is 17.2. The van der Waals surface area contributed by atoms with Crippen LogP contribution in [0.15, 0.2) is 95.9 Å². The second kappa shape index (κ2) is 15.4. The Morgan fingerprint density at radius 1 is 0.942 bits per heavy atom. The van der Waals surface area contributed by atoms with Crippen LogP contribution in [0.1, 0.15) is 36.7 Å². The normalized spacial score (nSPS) is 13.7. The predicted molar refractivity (Wildman–Crippen MR) is 200 cm³/mol. The van der Waals surface area contributed by atoms with Crippen LogP contribution in [0.4, 0.5) is 10.1 Å². The summed E-state index contributed by atoms with van der Waals surface area (Å²) in [7, 11) is 1.56. The van der Waals surface area contributed by atoms with E-state index in [1.165, 1.54) is 29.5 Å². The third-order valence-electron chi connectivity index (χ3n) is 9.19. The molecule has 12 heteroatoms. The van der Waals surface area contributed by atoms with Gasteiger partial charge < -0.3 is 24.4 Å². The van der Waals surface area contributed by atoms with Crippen molar-refractivity contribution in [1.29, 1.82) is 0 Å². The Morgan fingerprint density at radius 2 is 1.77 bits per heavy atom. The zero-order valence-corrected chi connectivity index (χ0v) is 29.5. The Balaban J connectivity index is 1.07. The summed E-state index contributed by atoms with van der Waals surface area (Å²) < 4.78 is 34.6. The maximum Gasteiger partial charge on any atom is 0.287 e. The van der Waals surface area contributed by atoms with Crippen molar-refractivity contribution in [3.63, 3.8) is 0 Å². The fraction of sp³-hybridized carbons (Fsp3) is 0.250. The first kappa shape index (κ1) is 34.9. The van der Waals surface area contributed by atoms with E-state index in [4.69, 9.17) is 25.8 Å². The summed E-state index contributed by atoms with van der Waals surface area (Å²) in [5, 5.41) is 3.63. The number of para-hydroxylation sites is 2. The van der Waals surface area contributed by atoms with Crippen molar-refractivity contribution in [3.8, 4) is 28.7 Å². The number of rotatable bonds is 11. The number of aromatic nitrogens is 3. The SMILES string of the molecule is COc1cc2c(Oc3ccc(NC(=O)c4nc5ccccc5n(-c5cccc(Cl)c5)c4=O)cc3F)ccnc2cc1OCCCN1CCC(C)CC1. The van der Waals surface area contributed by atoms with Crippen molar-refractivity contribution in [2.75, 3.05) is 38.7 Å². The van der Waals surface area contributed by atoms with Crippen molar-refractivity contribution >= 4 is 45.1 Å². The number of piperidine rings is 1. The Bertz CT molecular complexity index is 2330. The minimum atomic E-state index is -0.800. The number of hydrogen-bond acceptors (Lipinski definition) is 8. The van der Waals surface area contributed by atoms with E-state index in [2.05, 4.69) is 27.1 Å². The number of nitrogens with one attached hydrogen (secondary N) is 1. The van der Waals surface area contributed by atoms with E-state index in [-0.39, 0.29) is 17.1 Å². The fourth-order valence-corrected chi connectivity index (χ4v) is 6.55. The van der Waals surface area contributed by atoms with Gasteiger partial charge >= 0.3 is 0 Å². The van der Waals surface area contributed by atoms with Crippen LogP contribution in [0.2, 0.25) is 5.02 Å². The van der Waals surface area contributed by atoms with Crippen molar-refractivity contribution < 1.29 is 23.4 Å². The van der Waals surface area contributed by atoms with Crippen molar-refractivity contribution in [1.82, 2.24) is 19.4 Å². The first-order chi connectivity index (χ1) is 25.3. The van der Waals surface area contributed by atoms with Gasteiger partial charge in [0.15, 0.2) is 28.8 Å². The zero-order chi connectivity index (χ0) is 36.2. The summed E-state index contributed by atoms with van der Waals surface area (Å²) in [6.45, 7) is 6.08. The van der Waals surface area contributed by atoms with Crippen LogP contribution in [-0.2, 0) is 0 Å². The minimum Gasteiger partial charge on any atom is -0.493 e. The molecule has 0 atom stereocenters. The number of nitrogens with zero attached hydrogens (tertiary/aromatic N) is 4. The molecule has 0 saturated carbocycles. The molecule has 0 radical (unpaired) electrons. The molecular weight excluding hydrogens is 685 g/mol. The Labute approximate surface area is 304 Å². The van der Waals surface area contributed by atoms with Crippen molar-refractivity contribution in [2.24, 2.45) is 5.92 Å². The molecule has 1 N–H and O–H groups in total. The van der Waals surface area contributed by atoms with Crippen LogP contribution < -0.4 is 25.1 Å². The molecule has 3 heterocycles. The minimum absolute atomic E-state index is 0.0796. The van der Waals surface area contributed by atoms with Gasteiger partial charge in [-0.15, -0.1) is 0 Å². The maximum atomic E-state index is 15.5. The van der Waals surface area contributed by atoms with Crippen LogP contribution in [0.5, 0.6) is 23.0 Å². The molecule has 2 aromatic heterocycles. The van der Waals surface area contributed by atoms with Crippen LogP contribution in [0.25, 0.3) is 27.6 Å². The highest BCUT2D eigenvalue weighted by Crippen LogP contribution is 2.38. The predicted octanol–water partition coefficient (Wildman–Crippen LogP) is 8.28. The number of likely N-dealkylation sites (tertiary alicyclic amines) is 1. The zero-order valence-electron chi connectivity index (χ0n) is 28.8. The number of methoxy groups -OCH3 is 1. The third-order valence-corrected chi connectivity index (χ3v) is 9.43. The summed E-state index contributed by atoms with van der Waals surface area (Å²) in [6, 6.07) is 22.9. The number of carbonyl (C=O) groups is 1. The van der Waals surface area contributed by atoms with E-state index in [0.717, 1.165) is 38.0 Å². The average molecular weight is 722 g/mol. The second-order valence-electron chi connectivity index (χ2n) is 12.8. The molecule has 10 nitrogen and oxygen atoms in total. The Morgan fingerprint density at radius 3 is 2.56 bits per heavy atom. The number of anilines is 1. The number of benzene rings is 4. The summed E-state index contributed by atoms with van der Waals surface area (Å²) >= 11 is 6.21. The van der Waals surface area contributed by atoms with E-state index in [0.29, 0.717) is 56.5 Å². The number of ether oxygens (including phenoxy) is 3. The van der Waals surface area contributed by atoms with Gasteiger partial charge in [0.1, 0.15) is 5.75 Å². The molecule has 1 amide bonds. The number of amides is 1. The maximum absolute atomic E-state index is 15.5. The molecule has 1 aliphatic heterocycles. The molecule has 0 unspecified atom stereocenters. The lowest BCUT2D eigenvalue weighted by molar-refractivity contribution is 0.102. The van der Waals surface area contributed by atoms with Gasteiger partial charge in [0.2, 0.25) is 0 Å². The van der Waals surface area contributed by atoms with Gasteiger partial charge in [-0.1, -0.05) is 36.7 Å². The standard InChI is InChI=1S/C40H37ClFN5O5/c1-25-14-18-46(19-15-25)17-6-20-51-37-24-32-29(23-36(37)50-2)34(13-16-43-32)52-35-12-11-27(22-30(35)42)44-39(48)38-40(49)47(28-8-5-7-26(41)21-28)33-10-4-3-9-31(33)45-38/h3-5,7-13,16,21-25H,6,14-15,17-20H2,1-2H3,(H,44,48). The quantitative estimate of drug-likeness (QED) is 0.133. The molecular formula is C40H37ClFN5O5. The summed E-state index contributed by atoms with van der Waals surface area (Å²) in [4.78, 5) is 38.4. The smallest absolute Gasteiger partial charge is 0.287 e. The van der Waals surface area contributed by atoms with Crippen molar-refractivity contribution in [2.45, 2.75) is 26.2 Å². The molecule has 52 heavy (non-hydrogen) atoms. The highest BCUT2D eigenvalue weighted by Gasteiger charge is 2.21. The number of pyridine rings is 1. The topological polar surface area (TPSA) is 108 Å². The molecule has 1 saturated heterocycles. The van der Waals surface area contributed by atoms with Crippen molar-refractivity contribution in [3.05, 3.63) is 118 Å². The van der Waals surface area contributed by atoms with Crippen LogP contribution in [0, 0.1) is 11.7 Å². The molecule has 0 spiro atoms. The number of fused-ring (bicyclic) bond motifs is 2.